The summed E-state index contributed by atoms with van der Waals surface area (Å²) in [6, 6.07) is 11.0. The fraction of sp³-hybridized carbons (Fsp3) is 0.263. The molecule has 3 rings (SSSR count). The zero-order chi connectivity index (χ0) is 17.1. The standard InChI is InChI=1S/C19H19FN2O2/c1-2-21-18(23)15-7-10-17-14(12-15)4-3-11-22(17)19(24)13-5-8-16(20)9-6-13/h5-10,12H,2-4,11H2,1H3,(H,21,23). The number of rotatable bonds is 3. The summed E-state index contributed by atoms with van der Waals surface area (Å²) >= 11 is 0. The Balaban J connectivity index is 1.90. The van der Waals surface area contributed by atoms with Gasteiger partial charge in [0.25, 0.3) is 11.8 Å². The van der Waals surface area contributed by atoms with Gasteiger partial charge < -0.3 is 10.2 Å². The largest absolute Gasteiger partial charge is 0.352 e. The van der Waals surface area contributed by atoms with E-state index in [4.69, 9.17) is 0 Å². The smallest absolute Gasteiger partial charge is 0.258 e. The summed E-state index contributed by atoms with van der Waals surface area (Å²) in [5.41, 5.74) is 2.87. The Kier molecular flexibility index (Phi) is 4.60. The molecule has 0 fully saturated rings. The number of hydrogen-bond acceptors (Lipinski definition) is 2. The topological polar surface area (TPSA) is 49.4 Å². The van der Waals surface area contributed by atoms with Crippen molar-refractivity contribution in [3.05, 3.63) is 65.0 Å². The second-order valence-electron chi connectivity index (χ2n) is 5.77. The molecule has 24 heavy (non-hydrogen) atoms. The predicted molar refractivity (Wildman–Crippen MR) is 90.8 cm³/mol. The molecule has 5 heteroatoms. The maximum Gasteiger partial charge on any atom is 0.258 e. The van der Waals surface area contributed by atoms with E-state index in [1.807, 2.05) is 19.1 Å². The summed E-state index contributed by atoms with van der Waals surface area (Å²) in [5.74, 6) is -0.624. The minimum absolute atomic E-state index is 0.109. The summed E-state index contributed by atoms with van der Waals surface area (Å²) in [6.45, 7) is 3.06. The third kappa shape index (κ3) is 3.15. The SMILES string of the molecule is CCNC(=O)c1ccc2c(c1)CCCN2C(=O)c1ccc(F)cc1. The Morgan fingerprint density at radius 2 is 1.83 bits per heavy atom. The van der Waals surface area contributed by atoms with Gasteiger partial charge in [-0.3, -0.25) is 9.59 Å². The quantitative estimate of drug-likeness (QED) is 0.942. The third-order valence-electron chi connectivity index (χ3n) is 4.13. The number of aryl methyl sites for hydroxylation is 1. The molecule has 2 amide bonds. The van der Waals surface area contributed by atoms with Crippen LogP contribution in [0.25, 0.3) is 0 Å². The zero-order valence-corrected chi connectivity index (χ0v) is 13.5. The summed E-state index contributed by atoms with van der Waals surface area (Å²) in [7, 11) is 0. The molecule has 1 N–H and O–H groups in total. The molecule has 0 aromatic heterocycles. The summed E-state index contributed by atoms with van der Waals surface area (Å²) in [6.07, 6.45) is 1.66. The van der Waals surface area contributed by atoms with Crippen molar-refractivity contribution in [3.63, 3.8) is 0 Å². The van der Waals surface area contributed by atoms with Crippen molar-refractivity contribution in [1.29, 1.82) is 0 Å². The Bertz CT molecular complexity index is 771. The highest BCUT2D eigenvalue weighted by molar-refractivity contribution is 6.07. The molecule has 4 nitrogen and oxygen atoms in total. The van der Waals surface area contributed by atoms with E-state index in [0.29, 0.717) is 24.2 Å². The molecular weight excluding hydrogens is 307 g/mol. The number of anilines is 1. The van der Waals surface area contributed by atoms with E-state index in [1.165, 1.54) is 24.3 Å². The van der Waals surface area contributed by atoms with Crippen molar-refractivity contribution >= 4 is 17.5 Å². The van der Waals surface area contributed by atoms with Gasteiger partial charge in [-0.25, -0.2) is 4.39 Å². The maximum absolute atomic E-state index is 13.1. The van der Waals surface area contributed by atoms with Crippen molar-refractivity contribution in [2.45, 2.75) is 19.8 Å². The lowest BCUT2D eigenvalue weighted by Gasteiger charge is -2.30. The van der Waals surface area contributed by atoms with E-state index in [2.05, 4.69) is 5.32 Å². The van der Waals surface area contributed by atoms with Gasteiger partial charge in [0.05, 0.1) is 0 Å². The van der Waals surface area contributed by atoms with Gasteiger partial charge in [0.1, 0.15) is 5.82 Å². The highest BCUT2D eigenvalue weighted by Gasteiger charge is 2.24. The van der Waals surface area contributed by atoms with Crippen LogP contribution >= 0.6 is 0 Å². The Morgan fingerprint density at radius 1 is 1.12 bits per heavy atom. The average Bonchev–Trinajstić information content (AvgIpc) is 2.61. The van der Waals surface area contributed by atoms with E-state index in [0.717, 1.165) is 24.1 Å². The van der Waals surface area contributed by atoms with Crippen molar-refractivity contribution in [1.82, 2.24) is 5.32 Å². The van der Waals surface area contributed by atoms with Crippen molar-refractivity contribution in [2.24, 2.45) is 0 Å². The minimum Gasteiger partial charge on any atom is -0.352 e. The maximum atomic E-state index is 13.1. The van der Waals surface area contributed by atoms with Gasteiger partial charge in [-0.15, -0.1) is 0 Å². The lowest BCUT2D eigenvalue weighted by molar-refractivity contribution is 0.0954. The number of amides is 2. The molecular formula is C19H19FN2O2. The number of carbonyl (C=O) groups is 2. The van der Waals surface area contributed by atoms with Crippen LogP contribution < -0.4 is 10.2 Å². The molecule has 0 bridgehead atoms. The lowest BCUT2D eigenvalue weighted by atomic mass is 9.98. The first kappa shape index (κ1) is 16.2. The van der Waals surface area contributed by atoms with Crippen LogP contribution in [0.4, 0.5) is 10.1 Å². The predicted octanol–water partition coefficient (Wildman–Crippen LogP) is 3.17. The molecule has 0 saturated heterocycles. The first-order chi connectivity index (χ1) is 11.6. The molecule has 0 aliphatic carbocycles. The first-order valence-corrected chi connectivity index (χ1v) is 8.08. The normalized spacial score (nSPS) is 13.3. The number of nitrogens with one attached hydrogen (secondary N) is 1. The van der Waals surface area contributed by atoms with E-state index in [-0.39, 0.29) is 17.6 Å². The Hall–Kier alpha value is -2.69. The van der Waals surface area contributed by atoms with Gasteiger partial charge in [0.2, 0.25) is 0 Å². The van der Waals surface area contributed by atoms with Crippen LogP contribution in [0.2, 0.25) is 0 Å². The second kappa shape index (κ2) is 6.83. The van der Waals surface area contributed by atoms with Gasteiger partial charge in [-0.05, 0) is 67.8 Å². The molecule has 1 aliphatic rings. The molecule has 1 aliphatic heterocycles. The molecule has 0 atom stereocenters. The van der Waals surface area contributed by atoms with Gasteiger partial charge in [-0.2, -0.15) is 0 Å². The third-order valence-corrected chi connectivity index (χ3v) is 4.13. The first-order valence-electron chi connectivity index (χ1n) is 8.08. The minimum atomic E-state index is -0.364. The molecule has 124 valence electrons. The molecule has 0 saturated carbocycles. The number of halogens is 1. The molecule has 1 heterocycles. The summed E-state index contributed by atoms with van der Waals surface area (Å²) in [5, 5.41) is 2.78. The van der Waals surface area contributed by atoms with Crippen LogP contribution in [0.1, 0.15) is 39.6 Å². The molecule has 2 aromatic carbocycles. The fourth-order valence-electron chi connectivity index (χ4n) is 2.96. The fourth-order valence-corrected chi connectivity index (χ4v) is 2.96. The van der Waals surface area contributed by atoms with Crippen LogP contribution in [0.15, 0.2) is 42.5 Å². The van der Waals surface area contributed by atoms with Crippen LogP contribution in [0.5, 0.6) is 0 Å². The van der Waals surface area contributed by atoms with E-state index in [1.54, 1.807) is 11.0 Å². The van der Waals surface area contributed by atoms with Crippen LogP contribution in [-0.2, 0) is 6.42 Å². The van der Waals surface area contributed by atoms with E-state index >= 15 is 0 Å². The lowest BCUT2D eigenvalue weighted by Crippen LogP contribution is -2.35. The van der Waals surface area contributed by atoms with Gasteiger partial charge >= 0.3 is 0 Å². The summed E-state index contributed by atoms with van der Waals surface area (Å²) < 4.78 is 13.1. The van der Waals surface area contributed by atoms with Gasteiger partial charge in [-0.1, -0.05) is 0 Å². The van der Waals surface area contributed by atoms with E-state index < -0.39 is 0 Å². The number of fused-ring (bicyclic) bond motifs is 1. The monoisotopic (exact) mass is 326 g/mol. The number of carbonyl (C=O) groups excluding carboxylic acids is 2. The van der Waals surface area contributed by atoms with Gasteiger partial charge in [0.15, 0.2) is 0 Å². The molecule has 0 spiro atoms. The van der Waals surface area contributed by atoms with Crippen molar-refractivity contribution in [2.75, 3.05) is 18.0 Å². The molecule has 2 aromatic rings. The van der Waals surface area contributed by atoms with Crippen molar-refractivity contribution in [3.8, 4) is 0 Å². The van der Waals surface area contributed by atoms with Crippen LogP contribution in [-0.4, -0.2) is 24.9 Å². The highest BCUT2D eigenvalue weighted by Crippen LogP contribution is 2.29. The van der Waals surface area contributed by atoms with Gasteiger partial charge in [0, 0.05) is 29.9 Å². The zero-order valence-electron chi connectivity index (χ0n) is 13.5. The van der Waals surface area contributed by atoms with Crippen LogP contribution in [0, 0.1) is 5.82 Å². The van der Waals surface area contributed by atoms with E-state index in [9.17, 15) is 14.0 Å². The van der Waals surface area contributed by atoms with Crippen LogP contribution in [0.3, 0.4) is 0 Å². The summed E-state index contributed by atoms with van der Waals surface area (Å²) in [4.78, 5) is 26.4. The highest BCUT2D eigenvalue weighted by atomic mass is 19.1. The Labute approximate surface area is 140 Å². The second-order valence-corrected chi connectivity index (χ2v) is 5.77. The molecule has 0 radical (unpaired) electrons. The molecule has 0 unspecified atom stereocenters. The number of nitrogens with zero attached hydrogens (tertiary/aromatic N) is 1. The Morgan fingerprint density at radius 3 is 2.54 bits per heavy atom. The number of hydrogen-bond donors (Lipinski definition) is 1. The average molecular weight is 326 g/mol. The van der Waals surface area contributed by atoms with Crippen molar-refractivity contribution < 1.29 is 14.0 Å². The number of benzene rings is 2.